The van der Waals surface area contributed by atoms with Gasteiger partial charge in [0, 0.05) is 32.4 Å². The minimum atomic E-state index is 0.993. The number of benzene rings is 2. The molecule has 0 fully saturated rings. The molecule has 0 aliphatic carbocycles. The largest absolute Gasteiger partial charge is 0.318 e. The molecule has 2 aromatic carbocycles. The summed E-state index contributed by atoms with van der Waals surface area (Å²) in [6.45, 7) is 8.62. The molecule has 0 aliphatic rings. The van der Waals surface area contributed by atoms with Crippen LogP contribution >= 0.6 is 22.6 Å². The van der Waals surface area contributed by atoms with Gasteiger partial charge in [-0.05, 0) is 97.3 Å². The lowest BCUT2D eigenvalue weighted by molar-refractivity contribution is 0.962. The maximum atomic E-state index is 4.65. The molecule has 2 nitrogen and oxygen atoms in total. The first kappa shape index (κ1) is 17.9. The summed E-state index contributed by atoms with van der Waals surface area (Å²) in [5.74, 6) is 0. The summed E-state index contributed by atoms with van der Waals surface area (Å²) in [6.07, 6.45) is 3.03. The molecule has 0 aliphatic heterocycles. The van der Waals surface area contributed by atoms with E-state index in [1.54, 1.807) is 0 Å². The van der Waals surface area contributed by atoms with Gasteiger partial charge in [-0.25, -0.2) is 0 Å². The van der Waals surface area contributed by atoms with E-state index in [4.69, 9.17) is 0 Å². The molecule has 0 atom stereocenters. The average Bonchev–Trinajstić information content (AvgIpc) is 2.90. The topological polar surface area (TPSA) is 17.3 Å². The van der Waals surface area contributed by atoms with Gasteiger partial charge < -0.3 is 4.57 Å². The molecule has 0 N–H and O–H groups in total. The molecule has 0 amide bonds. The fourth-order valence-electron chi connectivity index (χ4n) is 3.05. The normalized spacial score (nSPS) is 11.4. The van der Waals surface area contributed by atoms with Crippen molar-refractivity contribution in [3.63, 3.8) is 0 Å². The summed E-state index contributed by atoms with van der Waals surface area (Å²) in [4.78, 5) is 4.65. The van der Waals surface area contributed by atoms with E-state index >= 15 is 0 Å². The van der Waals surface area contributed by atoms with E-state index in [9.17, 15) is 0 Å². The number of aliphatic imine (C=N–C) groups is 1. The highest BCUT2D eigenvalue weighted by atomic mass is 127. The Morgan fingerprint density at radius 3 is 2.36 bits per heavy atom. The van der Waals surface area contributed by atoms with Crippen molar-refractivity contribution in [3.05, 3.63) is 80.2 Å². The fourth-order valence-corrected chi connectivity index (χ4v) is 3.38. The smallest absolute Gasteiger partial charge is 0.0630 e. The van der Waals surface area contributed by atoms with Crippen LogP contribution in [-0.2, 0) is 6.42 Å². The lowest BCUT2D eigenvalue weighted by Crippen LogP contribution is -2.00. The van der Waals surface area contributed by atoms with Crippen molar-refractivity contribution in [1.82, 2.24) is 4.57 Å². The van der Waals surface area contributed by atoms with Gasteiger partial charge in [-0.1, -0.05) is 19.1 Å². The Morgan fingerprint density at radius 1 is 1.00 bits per heavy atom. The third-order valence-electron chi connectivity index (χ3n) is 4.57. The molecule has 0 saturated heterocycles. The van der Waals surface area contributed by atoms with E-state index in [0.717, 1.165) is 17.7 Å². The van der Waals surface area contributed by atoms with E-state index in [2.05, 4.69) is 108 Å². The van der Waals surface area contributed by atoms with E-state index in [0.29, 0.717) is 0 Å². The lowest BCUT2D eigenvalue weighted by atomic mass is 10.1. The van der Waals surface area contributed by atoms with Gasteiger partial charge in [0.05, 0.1) is 5.69 Å². The molecular weight excluding hydrogens is 419 g/mol. The summed E-state index contributed by atoms with van der Waals surface area (Å²) >= 11 is 2.38. The molecule has 3 rings (SSSR count). The minimum absolute atomic E-state index is 0.993. The fraction of sp³-hybridized carbons (Fsp3) is 0.227. The Balaban J connectivity index is 1.93. The highest BCUT2D eigenvalue weighted by Gasteiger charge is 2.10. The third-order valence-corrected chi connectivity index (χ3v) is 5.78. The summed E-state index contributed by atoms with van der Waals surface area (Å²) in [6, 6.07) is 17.2. The average molecular weight is 442 g/mol. The maximum absolute atomic E-state index is 4.65. The highest BCUT2D eigenvalue weighted by molar-refractivity contribution is 14.1. The molecule has 0 bridgehead atoms. The summed E-state index contributed by atoms with van der Waals surface area (Å²) < 4.78 is 3.59. The Bertz CT molecular complexity index is 918. The van der Waals surface area contributed by atoms with E-state index in [-0.39, 0.29) is 0 Å². The second kappa shape index (κ2) is 7.56. The zero-order valence-corrected chi connectivity index (χ0v) is 17.3. The second-order valence-electron chi connectivity index (χ2n) is 6.37. The molecule has 3 aromatic rings. The van der Waals surface area contributed by atoms with Crippen molar-refractivity contribution in [3.8, 4) is 5.69 Å². The highest BCUT2D eigenvalue weighted by Crippen LogP contribution is 2.23. The Hall–Kier alpha value is -1.88. The number of aryl methyl sites for hydroxylation is 3. The monoisotopic (exact) mass is 442 g/mol. The van der Waals surface area contributed by atoms with Crippen molar-refractivity contribution < 1.29 is 0 Å². The second-order valence-corrected chi connectivity index (χ2v) is 7.54. The zero-order chi connectivity index (χ0) is 18.0. The molecule has 0 saturated carbocycles. The van der Waals surface area contributed by atoms with Gasteiger partial charge in [0.2, 0.25) is 0 Å². The Labute approximate surface area is 163 Å². The molecule has 3 heteroatoms. The molecular formula is C22H23IN2. The van der Waals surface area contributed by atoms with Gasteiger partial charge in [-0.15, -0.1) is 0 Å². The van der Waals surface area contributed by atoms with Crippen LogP contribution in [0.4, 0.5) is 5.69 Å². The predicted molar refractivity (Wildman–Crippen MR) is 116 cm³/mol. The van der Waals surface area contributed by atoms with Crippen LogP contribution in [-0.4, -0.2) is 10.8 Å². The van der Waals surface area contributed by atoms with Gasteiger partial charge in [-0.3, -0.25) is 4.99 Å². The molecule has 0 spiro atoms. The van der Waals surface area contributed by atoms with Crippen LogP contribution in [0.3, 0.4) is 0 Å². The number of nitrogens with zero attached hydrogens (tertiary/aromatic N) is 2. The number of aromatic nitrogens is 1. The third kappa shape index (κ3) is 3.87. The lowest BCUT2D eigenvalue weighted by Gasteiger charge is -2.11. The molecule has 0 unspecified atom stereocenters. The van der Waals surface area contributed by atoms with Crippen LogP contribution in [0.15, 0.2) is 53.5 Å². The number of halogens is 1. The molecule has 1 aromatic heterocycles. The molecule has 1 heterocycles. The first-order chi connectivity index (χ1) is 12.0. The first-order valence-corrected chi connectivity index (χ1v) is 9.66. The predicted octanol–water partition coefficient (Wildman–Crippen LogP) is 6.32. The van der Waals surface area contributed by atoms with Gasteiger partial charge in [0.25, 0.3) is 0 Å². The first-order valence-electron chi connectivity index (χ1n) is 8.58. The molecule has 25 heavy (non-hydrogen) atoms. The van der Waals surface area contributed by atoms with Crippen LogP contribution in [0.5, 0.6) is 0 Å². The van der Waals surface area contributed by atoms with Crippen molar-refractivity contribution in [1.29, 1.82) is 0 Å². The van der Waals surface area contributed by atoms with Crippen LogP contribution in [0.25, 0.3) is 5.69 Å². The number of hydrogen-bond donors (Lipinski definition) is 0. The van der Waals surface area contributed by atoms with Gasteiger partial charge >= 0.3 is 0 Å². The summed E-state index contributed by atoms with van der Waals surface area (Å²) in [5.41, 5.74) is 8.44. The SMILES string of the molecule is CCc1ccc(N=Cc2cc(C)n(-c3ccc(I)c(C)c3)c2C)cc1. The zero-order valence-electron chi connectivity index (χ0n) is 15.2. The van der Waals surface area contributed by atoms with Gasteiger partial charge in [0.1, 0.15) is 0 Å². The maximum Gasteiger partial charge on any atom is 0.0630 e. The Morgan fingerprint density at radius 2 is 1.72 bits per heavy atom. The number of rotatable bonds is 4. The quantitative estimate of drug-likeness (QED) is 0.332. The summed E-state index contributed by atoms with van der Waals surface area (Å²) in [7, 11) is 0. The van der Waals surface area contributed by atoms with Crippen molar-refractivity contribution in [2.24, 2.45) is 4.99 Å². The minimum Gasteiger partial charge on any atom is -0.318 e. The van der Waals surface area contributed by atoms with E-state index in [1.807, 2.05) is 6.21 Å². The van der Waals surface area contributed by atoms with Crippen molar-refractivity contribution >= 4 is 34.5 Å². The van der Waals surface area contributed by atoms with E-state index in [1.165, 1.54) is 31.8 Å². The Kier molecular flexibility index (Phi) is 5.42. The van der Waals surface area contributed by atoms with Crippen molar-refractivity contribution in [2.75, 3.05) is 0 Å². The van der Waals surface area contributed by atoms with Gasteiger partial charge in [0.15, 0.2) is 0 Å². The molecule has 0 radical (unpaired) electrons. The van der Waals surface area contributed by atoms with Crippen molar-refractivity contribution in [2.45, 2.75) is 34.1 Å². The van der Waals surface area contributed by atoms with Crippen LogP contribution in [0.1, 0.15) is 35.0 Å². The van der Waals surface area contributed by atoms with E-state index < -0.39 is 0 Å². The van der Waals surface area contributed by atoms with Crippen LogP contribution in [0.2, 0.25) is 0 Å². The standard InChI is InChI=1S/C22H23IN2/c1-5-18-6-8-20(9-7-18)24-14-19-13-16(3)25(17(19)4)21-10-11-22(23)15(2)12-21/h6-14H,5H2,1-4H3. The van der Waals surface area contributed by atoms with Crippen LogP contribution < -0.4 is 0 Å². The van der Waals surface area contributed by atoms with Gasteiger partial charge in [-0.2, -0.15) is 0 Å². The number of hydrogen-bond acceptors (Lipinski definition) is 1. The molecule has 128 valence electrons. The summed E-state index contributed by atoms with van der Waals surface area (Å²) in [5, 5.41) is 0. The van der Waals surface area contributed by atoms with Crippen LogP contribution in [0, 0.1) is 24.3 Å².